The van der Waals surface area contributed by atoms with Gasteiger partial charge >= 0.3 is 0 Å². The van der Waals surface area contributed by atoms with Gasteiger partial charge in [0.1, 0.15) is 17.9 Å². The monoisotopic (exact) mass is 216 g/mol. The van der Waals surface area contributed by atoms with Gasteiger partial charge in [0, 0.05) is 6.54 Å². The van der Waals surface area contributed by atoms with E-state index in [1.807, 2.05) is 25.1 Å². The van der Waals surface area contributed by atoms with E-state index in [-0.39, 0.29) is 6.10 Å². The Kier molecular flexibility index (Phi) is 3.43. The third-order valence-electron chi connectivity index (χ3n) is 2.80. The number of piperidine rings is 1. The van der Waals surface area contributed by atoms with Crippen LogP contribution in [0.4, 0.5) is 0 Å². The second-order valence-corrected chi connectivity index (χ2v) is 4.20. The van der Waals surface area contributed by atoms with Gasteiger partial charge in [-0.15, -0.1) is 0 Å². The zero-order chi connectivity index (χ0) is 11.4. The highest BCUT2D eigenvalue weighted by Gasteiger charge is 2.15. The average Bonchev–Trinajstić information content (AvgIpc) is 2.33. The zero-order valence-electron chi connectivity index (χ0n) is 9.49. The van der Waals surface area contributed by atoms with E-state index in [1.165, 1.54) is 0 Å². The molecule has 1 N–H and O–H groups in total. The second kappa shape index (κ2) is 5.00. The highest BCUT2D eigenvalue weighted by Crippen LogP contribution is 2.21. The normalized spacial score (nSPS) is 20.1. The van der Waals surface area contributed by atoms with Crippen molar-refractivity contribution in [2.45, 2.75) is 25.9 Å². The first-order valence-corrected chi connectivity index (χ1v) is 5.68. The summed E-state index contributed by atoms with van der Waals surface area (Å²) in [6.07, 6.45) is 2.40. The quantitative estimate of drug-likeness (QED) is 0.822. The lowest BCUT2D eigenvalue weighted by Crippen LogP contribution is -2.37. The SMILES string of the molecule is Cc1ccc(O[C@H]2CCCNC2)c(C#N)c1. The molecule has 0 unspecified atom stereocenters. The summed E-state index contributed by atoms with van der Waals surface area (Å²) in [7, 11) is 0. The lowest BCUT2D eigenvalue weighted by molar-refractivity contribution is 0.166. The van der Waals surface area contributed by atoms with Gasteiger partial charge in [0.15, 0.2) is 0 Å². The van der Waals surface area contributed by atoms with Crippen molar-refractivity contribution in [1.29, 1.82) is 5.26 Å². The number of nitrogens with zero attached hydrogens (tertiary/aromatic N) is 1. The summed E-state index contributed by atoms with van der Waals surface area (Å²) in [4.78, 5) is 0. The summed E-state index contributed by atoms with van der Waals surface area (Å²) in [5.74, 6) is 0.710. The van der Waals surface area contributed by atoms with E-state index in [1.54, 1.807) is 0 Å². The Labute approximate surface area is 96.0 Å². The molecule has 16 heavy (non-hydrogen) atoms. The maximum atomic E-state index is 9.03. The summed E-state index contributed by atoms with van der Waals surface area (Å²) < 4.78 is 5.85. The topological polar surface area (TPSA) is 45.0 Å². The Hall–Kier alpha value is -1.53. The number of rotatable bonds is 2. The van der Waals surface area contributed by atoms with Crippen LogP contribution in [0.15, 0.2) is 18.2 Å². The van der Waals surface area contributed by atoms with Gasteiger partial charge in [0.25, 0.3) is 0 Å². The first-order valence-electron chi connectivity index (χ1n) is 5.68. The Morgan fingerprint density at radius 1 is 1.50 bits per heavy atom. The summed E-state index contributed by atoms with van der Waals surface area (Å²) in [6.45, 7) is 3.92. The number of hydrogen-bond donors (Lipinski definition) is 1. The third-order valence-corrected chi connectivity index (χ3v) is 2.80. The molecule has 0 bridgehead atoms. The summed E-state index contributed by atoms with van der Waals surface area (Å²) in [5.41, 5.74) is 1.72. The predicted molar refractivity (Wildman–Crippen MR) is 62.4 cm³/mol. The fourth-order valence-corrected chi connectivity index (χ4v) is 1.93. The van der Waals surface area contributed by atoms with Crippen LogP contribution in [0.25, 0.3) is 0 Å². The minimum absolute atomic E-state index is 0.198. The molecule has 0 radical (unpaired) electrons. The molecule has 1 aromatic carbocycles. The molecule has 1 atom stereocenters. The molecular weight excluding hydrogens is 200 g/mol. The molecule has 0 amide bonds. The van der Waals surface area contributed by atoms with Gasteiger partial charge in [-0.2, -0.15) is 5.26 Å². The molecule has 0 aliphatic carbocycles. The number of nitriles is 1. The Morgan fingerprint density at radius 2 is 2.38 bits per heavy atom. The smallest absolute Gasteiger partial charge is 0.137 e. The lowest BCUT2D eigenvalue weighted by atomic mass is 10.1. The largest absolute Gasteiger partial charge is 0.488 e. The number of nitrogens with one attached hydrogen (secondary N) is 1. The van der Waals surface area contributed by atoms with Crippen molar-refractivity contribution in [1.82, 2.24) is 5.32 Å². The van der Waals surface area contributed by atoms with Gasteiger partial charge in [-0.25, -0.2) is 0 Å². The van der Waals surface area contributed by atoms with Crippen LogP contribution in [0.3, 0.4) is 0 Å². The first kappa shape index (κ1) is 11.0. The van der Waals surface area contributed by atoms with Gasteiger partial charge < -0.3 is 10.1 Å². The molecule has 0 aromatic heterocycles. The van der Waals surface area contributed by atoms with Crippen LogP contribution >= 0.6 is 0 Å². The van der Waals surface area contributed by atoms with Gasteiger partial charge in [0.2, 0.25) is 0 Å². The second-order valence-electron chi connectivity index (χ2n) is 4.20. The van der Waals surface area contributed by atoms with Crippen molar-refractivity contribution in [3.05, 3.63) is 29.3 Å². The fraction of sp³-hybridized carbons (Fsp3) is 0.462. The minimum atomic E-state index is 0.198. The minimum Gasteiger partial charge on any atom is -0.488 e. The fourth-order valence-electron chi connectivity index (χ4n) is 1.93. The molecule has 1 aliphatic heterocycles. The van der Waals surface area contributed by atoms with E-state index in [4.69, 9.17) is 10.00 Å². The van der Waals surface area contributed by atoms with Gasteiger partial charge in [-0.3, -0.25) is 0 Å². The highest BCUT2D eigenvalue weighted by molar-refractivity contribution is 5.45. The van der Waals surface area contributed by atoms with Gasteiger partial charge in [-0.1, -0.05) is 6.07 Å². The Balaban J connectivity index is 2.11. The molecule has 0 saturated carbocycles. The van der Waals surface area contributed by atoms with Crippen molar-refractivity contribution in [3.8, 4) is 11.8 Å². The van der Waals surface area contributed by atoms with E-state index >= 15 is 0 Å². The van der Waals surface area contributed by atoms with Crippen LogP contribution in [0.2, 0.25) is 0 Å². The van der Waals surface area contributed by atoms with E-state index in [2.05, 4.69) is 11.4 Å². The molecule has 84 valence electrons. The summed E-state index contributed by atoms with van der Waals surface area (Å²) in [6, 6.07) is 7.92. The van der Waals surface area contributed by atoms with Gasteiger partial charge in [0.05, 0.1) is 5.56 Å². The van der Waals surface area contributed by atoms with E-state index in [9.17, 15) is 0 Å². The number of aryl methyl sites for hydroxylation is 1. The van der Waals surface area contributed by atoms with Crippen LogP contribution < -0.4 is 10.1 Å². The molecule has 1 saturated heterocycles. The Morgan fingerprint density at radius 3 is 3.06 bits per heavy atom. The summed E-state index contributed by atoms with van der Waals surface area (Å²) in [5, 5.41) is 12.3. The van der Waals surface area contributed by atoms with Crippen LogP contribution in [0.5, 0.6) is 5.75 Å². The first-order chi connectivity index (χ1) is 7.79. The number of hydrogen-bond acceptors (Lipinski definition) is 3. The van der Waals surface area contributed by atoms with Crippen LogP contribution in [-0.4, -0.2) is 19.2 Å². The van der Waals surface area contributed by atoms with Crippen LogP contribution in [0.1, 0.15) is 24.0 Å². The highest BCUT2D eigenvalue weighted by atomic mass is 16.5. The average molecular weight is 216 g/mol. The van der Waals surface area contributed by atoms with Crippen molar-refractivity contribution >= 4 is 0 Å². The third kappa shape index (κ3) is 2.53. The molecule has 1 aromatic rings. The molecule has 0 spiro atoms. The maximum absolute atomic E-state index is 9.03. The Bertz CT molecular complexity index is 403. The van der Waals surface area contributed by atoms with E-state index in [0.717, 1.165) is 31.5 Å². The molecule has 1 fully saturated rings. The molecule has 1 aliphatic rings. The molecule has 3 nitrogen and oxygen atoms in total. The molecule has 1 heterocycles. The lowest BCUT2D eigenvalue weighted by Gasteiger charge is -2.24. The number of ether oxygens (including phenoxy) is 1. The van der Waals surface area contributed by atoms with Crippen molar-refractivity contribution in [2.24, 2.45) is 0 Å². The van der Waals surface area contributed by atoms with Crippen molar-refractivity contribution in [2.75, 3.05) is 13.1 Å². The van der Waals surface area contributed by atoms with Crippen LogP contribution in [-0.2, 0) is 0 Å². The number of benzene rings is 1. The molecule has 3 heteroatoms. The zero-order valence-corrected chi connectivity index (χ0v) is 9.49. The standard InChI is InChI=1S/C13H16N2O/c1-10-4-5-13(11(7-10)8-14)16-12-3-2-6-15-9-12/h4-5,7,12,15H,2-3,6,9H2,1H3/t12-/m0/s1. The summed E-state index contributed by atoms with van der Waals surface area (Å²) >= 11 is 0. The van der Waals surface area contributed by atoms with Crippen LogP contribution in [0, 0.1) is 18.3 Å². The van der Waals surface area contributed by atoms with Gasteiger partial charge in [-0.05, 0) is 44.0 Å². The van der Waals surface area contributed by atoms with E-state index < -0.39 is 0 Å². The van der Waals surface area contributed by atoms with Crippen molar-refractivity contribution < 1.29 is 4.74 Å². The molecular formula is C13H16N2O. The molecule has 2 rings (SSSR count). The maximum Gasteiger partial charge on any atom is 0.137 e. The van der Waals surface area contributed by atoms with E-state index in [0.29, 0.717) is 11.3 Å². The predicted octanol–water partition coefficient (Wildman–Crippen LogP) is 2.00. The van der Waals surface area contributed by atoms with Crippen molar-refractivity contribution in [3.63, 3.8) is 0 Å².